The van der Waals surface area contributed by atoms with E-state index < -0.39 is 0 Å². The van der Waals surface area contributed by atoms with Crippen LogP contribution in [-0.2, 0) is 14.1 Å². The van der Waals surface area contributed by atoms with Crippen molar-refractivity contribution in [3.8, 4) is 11.4 Å². The van der Waals surface area contributed by atoms with Gasteiger partial charge in [-0.2, -0.15) is 5.10 Å². The second-order valence-corrected chi connectivity index (χ2v) is 7.04. The van der Waals surface area contributed by atoms with Crippen LogP contribution in [0.3, 0.4) is 0 Å². The molecule has 1 amide bonds. The van der Waals surface area contributed by atoms with E-state index in [4.69, 9.17) is 4.98 Å². The lowest BCUT2D eigenvalue weighted by Gasteiger charge is -2.32. The monoisotopic (exact) mass is 365 g/mol. The Kier molecular flexibility index (Phi) is 4.47. The maximum atomic E-state index is 12.7. The van der Waals surface area contributed by atoms with Gasteiger partial charge in [0.05, 0.1) is 23.8 Å². The molecule has 1 saturated heterocycles. The molecule has 3 aromatic heterocycles. The first-order chi connectivity index (χ1) is 13.0. The van der Waals surface area contributed by atoms with Gasteiger partial charge in [0, 0.05) is 45.5 Å². The zero-order chi connectivity index (χ0) is 19.0. The van der Waals surface area contributed by atoms with Gasteiger partial charge in [-0.1, -0.05) is 0 Å². The quantitative estimate of drug-likeness (QED) is 0.708. The third-order valence-corrected chi connectivity index (χ3v) is 5.20. The Bertz CT molecular complexity index is 974. The fraction of sp³-hybridized carbons (Fsp3) is 0.421. The molecule has 8 nitrogen and oxygen atoms in total. The number of amides is 1. The molecule has 0 aromatic carbocycles. The van der Waals surface area contributed by atoms with Crippen LogP contribution in [0.1, 0.15) is 40.8 Å². The Morgan fingerprint density at radius 1 is 1.22 bits per heavy atom. The van der Waals surface area contributed by atoms with E-state index in [0.29, 0.717) is 12.2 Å². The number of aromatic nitrogens is 6. The zero-order valence-corrected chi connectivity index (χ0v) is 15.8. The van der Waals surface area contributed by atoms with Crippen molar-refractivity contribution in [2.24, 2.45) is 14.1 Å². The van der Waals surface area contributed by atoms with Gasteiger partial charge in [0.25, 0.3) is 5.91 Å². The van der Waals surface area contributed by atoms with Crippen LogP contribution in [0.4, 0.5) is 0 Å². The Balaban J connectivity index is 1.56. The van der Waals surface area contributed by atoms with Crippen LogP contribution in [0.5, 0.6) is 0 Å². The fourth-order valence-corrected chi connectivity index (χ4v) is 3.54. The zero-order valence-electron chi connectivity index (χ0n) is 15.8. The van der Waals surface area contributed by atoms with E-state index in [2.05, 4.69) is 15.1 Å². The van der Waals surface area contributed by atoms with Crippen molar-refractivity contribution < 1.29 is 4.79 Å². The third-order valence-electron chi connectivity index (χ3n) is 5.20. The molecule has 1 atom stereocenters. The van der Waals surface area contributed by atoms with Gasteiger partial charge in [-0.25, -0.2) is 9.97 Å². The van der Waals surface area contributed by atoms with Crippen molar-refractivity contribution in [1.29, 1.82) is 0 Å². The van der Waals surface area contributed by atoms with Gasteiger partial charge in [0.2, 0.25) is 0 Å². The number of piperidine rings is 1. The molecule has 1 aliphatic rings. The fourth-order valence-electron chi connectivity index (χ4n) is 3.54. The summed E-state index contributed by atoms with van der Waals surface area (Å²) in [6.07, 6.45) is 9.13. The van der Waals surface area contributed by atoms with Crippen LogP contribution in [-0.4, -0.2) is 53.2 Å². The molecule has 0 saturated carbocycles. The van der Waals surface area contributed by atoms with Gasteiger partial charge < -0.3 is 9.47 Å². The molecule has 27 heavy (non-hydrogen) atoms. The van der Waals surface area contributed by atoms with Gasteiger partial charge >= 0.3 is 0 Å². The maximum Gasteiger partial charge on any atom is 0.274 e. The lowest BCUT2D eigenvalue weighted by molar-refractivity contribution is 0.0699. The molecule has 1 unspecified atom stereocenters. The van der Waals surface area contributed by atoms with Crippen LogP contribution in [0, 0.1) is 6.92 Å². The van der Waals surface area contributed by atoms with Crippen LogP contribution < -0.4 is 0 Å². The molecule has 0 aliphatic carbocycles. The topological polar surface area (TPSA) is 81.7 Å². The molecular formula is C19H23N7O. The molecule has 4 rings (SSSR count). The highest BCUT2D eigenvalue weighted by Crippen LogP contribution is 2.27. The van der Waals surface area contributed by atoms with E-state index >= 15 is 0 Å². The molecule has 1 aliphatic heterocycles. The molecule has 3 aromatic rings. The van der Waals surface area contributed by atoms with E-state index in [-0.39, 0.29) is 11.8 Å². The molecule has 0 N–H and O–H groups in total. The number of carbonyl (C=O) groups is 1. The molecule has 0 radical (unpaired) electrons. The lowest BCUT2D eigenvalue weighted by atomic mass is 9.94. The summed E-state index contributed by atoms with van der Waals surface area (Å²) >= 11 is 0. The Labute approximate surface area is 157 Å². The van der Waals surface area contributed by atoms with Gasteiger partial charge in [-0.3, -0.25) is 14.5 Å². The largest absolute Gasteiger partial charge is 0.337 e. The van der Waals surface area contributed by atoms with Crippen LogP contribution in [0.2, 0.25) is 0 Å². The Hall–Kier alpha value is -3.03. The summed E-state index contributed by atoms with van der Waals surface area (Å²) in [4.78, 5) is 28.2. The molecule has 8 heteroatoms. The predicted octanol–water partition coefficient (Wildman–Crippen LogP) is 1.94. The van der Waals surface area contributed by atoms with Crippen molar-refractivity contribution >= 4 is 5.91 Å². The summed E-state index contributed by atoms with van der Waals surface area (Å²) in [6, 6.07) is 1.76. The molecule has 0 bridgehead atoms. The summed E-state index contributed by atoms with van der Waals surface area (Å²) in [7, 11) is 3.79. The summed E-state index contributed by atoms with van der Waals surface area (Å²) in [5.74, 6) is 1.09. The standard InChI is InChI=1S/C19H23N7O/c1-13-21-11-18(25(13)3)17-10-20-9-16(22-17)14-5-4-7-26(12-14)19(27)15-6-8-24(2)23-15/h6,8-11,14H,4-5,7,12H2,1-3H3. The highest BCUT2D eigenvalue weighted by atomic mass is 16.2. The van der Waals surface area contributed by atoms with Gasteiger partial charge in [-0.15, -0.1) is 0 Å². The number of imidazole rings is 1. The van der Waals surface area contributed by atoms with Crippen molar-refractivity contribution in [3.05, 3.63) is 48.1 Å². The van der Waals surface area contributed by atoms with Crippen LogP contribution in [0.15, 0.2) is 30.9 Å². The minimum Gasteiger partial charge on any atom is -0.337 e. The number of hydrogen-bond donors (Lipinski definition) is 0. The SMILES string of the molecule is Cc1ncc(-c2cncc(C3CCCN(C(=O)c4ccn(C)n4)C3)n2)n1C. The molecule has 140 valence electrons. The summed E-state index contributed by atoms with van der Waals surface area (Å²) in [5.41, 5.74) is 3.16. The normalized spacial score (nSPS) is 17.3. The average Bonchev–Trinajstić information content (AvgIpc) is 3.27. The van der Waals surface area contributed by atoms with Crippen molar-refractivity contribution in [3.63, 3.8) is 0 Å². The number of aryl methyl sites for hydroxylation is 2. The highest BCUT2D eigenvalue weighted by molar-refractivity contribution is 5.92. The van der Waals surface area contributed by atoms with E-state index in [0.717, 1.165) is 42.3 Å². The summed E-state index contributed by atoms with van der Waals surface area (Å²) in [5, 5.41) is 4.24. The summed E-state index contributed by atoms with van der Waals surface area (Å²) in [6.45, 7) is 3.35. The van der Waals surface area contributed by atoms with Crippen LogP contribution >= 0.6 is 0 Å². The van der Waals surface area contributed by atoms with Gasteiger partial charge in [0.1, 0.15) is 17.2 Å². The van der Waals surface area contributed by atoms with Crippen molar-refractivity contribution in [2.45, 2.75) is 25.7 Å². The molecule has 0 spiro atoms. The summed E-state index contributed by atoms with van der Waals surface area (Å²) < 4.78 is 3.66. The highest BCUT2D eigenvalue weighted by Gasteiger charge is 2.27. The average molecular weight is 365 g/mol. The maximum absolute atomic E-state index is 12.7. The minimum absolute atomic E-state index is 0.0216. The number of rotatable bonds is 3. The molecular weight excluding hydrogens is 342 g/mol. The van der Waals surface area contributed by atoms with E-state index in [1.165, 1.54) is 0 Å². The number of nitrogens with zero attached hydrogens (tertiary/aromatic N) is 7. The Morgan fingerprint density at radius 2 is 2.07 bits per heavy atom. The van der Waals surface area contributed by atoms with Crippen molar-refractivity contribution in [1.82, 2.24) is 34.2 Å². The number of carbonyl (C=O) groups excluding carboxylic acids is 1. The van der Waals surface area contributed by atoms with Gasteiger partial charge in [-0.05, 0) is 25.8 Å². The Morgan fingerprint density at radius 3 is 2.78 bits per heavy atom. The van der Waals surface area contributed by atoms with Crippen molar-refractivity contribution in [2.75, 3.05) is 13.1 Å². The third kappa shape index (κ3) is 3.34. The van der Waals surface area contributed by atoms with E-state index in [1.807, 2.05) is 42.9 Å². The van der Waals surface area contributed by atoms with Gasteiger partial charge in [0.15, 0.2) is 0 Å². The second-order valence-electron chi connectivity index (χ2n) is 7.04. The first-order valence-electron chi connectivity index (χ1n) is 9.12. The molecule has 1 fully saturated rings. The molecule has 4 heterocycles. The predicted molar refractivity (Wildman–Crippen MR) is 100 cm³/mol. The van der Waals surface area contributed by atoms with Crippen LogP contribution in [0.25, 0.3) is 11.4 Å². The smallest absolute Gasteiger partial charge is 0.274 e. The first-order valence-corrected chi connectivity index (χ1v) is 9.12. The second kappa shape index (κ2) is 6.94. The minimum atomic E-state index is -0.0216. The number of hydrogen-bond acceptors (Lipinski definition) is 5. The van der Waals surface area contributed by atoms with E-state index in [9.17, 15) is 4.79 Å². The lowest BCUT2D eigenvalue weighted by Crippen LogP contribution is -2.39. The first kappa shape index (κ1) is 17.4. The van der Waals surface area contributed by atoms with E-state index in [1.54, 1.807) is 23.1 Å². The number of likely N-dealkylation sites (tertiary alicyclic amines) is 1.